The number of hydrogen-bond acceptors (Lipinski definition) is 2. The summed E-state index contributed by atoms with van der Waals surface area (Å²) < 4.78 is 0. The summed E-state index contributed by atoms with van der Waals surface area (Å²) in [6.45, 7) is 2.11. The van der Waals surface area contributed by atoms with Gasteiger partial charge in [-0.15, -0.1) is 0 Å². The molecule has 86 valence electrons. The highest BCUT2D eigenvalue weighted by molar-refractivity contribution is 5.99. The molecule has 0 atom stereocenters. The van der Waals surface area contributed by atoms with Crippen molar-refractivity contribution in [1.82, 2.24) is 5.32 Å². The van der Waals surface area contributed by atoms with E-state index in [1.165, 1.54) is 12.8 Å². The van der Waals surface area contributed by atoms with Gasteiger partial charge >= 0.3 is 0 Å². The van der Waals surface area contributed by atoms with E-state index < -0.39 is 0 Å². The third-order valence-corrected chi connectivity index (χ3v) is 3.33. The molecule has 0 unspecified atom stereocenters. The zero-order valence-electron chi connectivity index (χ0n) is 9.62. The van der Waals surface area contributed by atoms with Crippen molar-refractivity contribution >= 4 is 11.6 Å². The number of anilines is 1. The molecule has 1 saturated carbocycles. The topological polar surface area (TPSA) is 55.1 Å². The van der Waals surface area contributed by atoms with Crippen molar-refractivity contribution in [2.24, 2.45) is 0 Å². The third kappa shape index (κ3) is 2.18. The molecular weight excluding hydrogens is 200 g/mol. The van der Waals surface area contributed by atoms with Crippen LogP contribution in [0.4, 0.5) is 5.69 Å². The minimum atomic E-state index is -0.0532. The molecule has 0 bridgehead atoms. The summed E-state index contributed by atoms with van der Waals surface area (Å²) in [7, 11) is 0. The lowest BCUT2D eigenvalue weighted by molar-refractivity contribution is 0.0909. The van der Waals surface area contributed by atoms with Gasteiger partial charge in [0, 0.05) is 11.2 Å². The normalized spacial score (nSPS) is 18.3. The van der Waals surface area contributed by atoms with Crippen molar-refractivity contribution in [2.75, 3.05) is 5.73 Å². The van der Waals surface area contributed by atoms with Crippen molar-refractivity contribution < 1.29 is 4.79 Å². The molecule has 3 nitrogen and oxygen atoms in total. The lowest BCUT2D eigenvalue weighted by atomic mass is 10.00. The largest absolute Gasteiger partial charge is 0.398 e. The molecule has 3 N–H and O–H groups in total. The Morgan fingerprint density at radius 1 is 1.31 bits per heavy atom. The predicted molar refractivity (Wildman–Crippen MR) is 65.2 cm³/mol. The summed E-state index contributed by atoms with van der Waals surface area (Å²) in [6, 6.07) is 7.19. The standard InChI is InChI=1S/C13H18N2O/c1-13(8-4-5-9-13)15-12(16)10-6-2-3-7-11(10)14/h2-3,6-7H,4-5,8-9,14H2,1H3,(H,15,16). The average molecular weight is 218 g/mol. The van der Waals surface area contributed by atoms with E-state index >= 15 is 0 Å². The van der Waals surface area contributed by atoms with Gasteiger partial charge in [-0.3, -0.25) is 4.79 Å². The fourth-order valence-electron chi connectivity index (χ4n) is 2.33. The molecule has 1 amide bonds. The number of carbonyl (C=O) groups excluding carboxylic acids is 1. The number of benzene rings is 1. The number of nitrogens with one attached hydrogen (secondary N) is 1. The van der Waals surface area contributed by atoms with Crippen LogP contribution in [0.3, 0.4) is 0 Å². The predicted octanol–water partition coefficient (Wildman–Crippen LogP) is 2.33. The first-order valence-corrected chi connectivity index (χ1v) is 5.78. The summed E-state index contributed by atoms with van der Waals surface area (Å²) in [5.41, 5.74) is 6.86. The SMILES string of the molecule is CC1(NC(=O)c2ccccc2N)CCCC1. The molecule has 0 saturated heterocycles. The van der Waals surface area contributed by atoms with Gasteiger partial charge < -0.3 is 11.1 Å². The summed E-state index contributed by atoms with van der Waals surface area (Å²) in [6.07, 6.45) is 4.51. The van der Waals surface area contributed by atoms with Crippen LogP contribution in [-0.4, -0.2) is 11.4 Å². The second-order valence-corrected chi connectivity index (χ2v) is 4.81. The van der Waals surface area contributed by atoms with Crippen LogP contribution in [0.2, 0.25) is 0 Å². The number of nitrogens with two attached hydrogens (primary N) is 1. The Hall–Kier alpha value is -1.51. The van der Waals surface area contributed by atoms with Crippen LogP contribution in [0.15, 0.2) is 24.3 Å². The third-order valence-electron chi connectivity index (χ3n) is 3.33. The summed E-state index contributed by atoms with van der Waals surface area (Å²) >= 11 is 0. The minimum absolute atomic E-state index is 0.0423. The smallest absolute Gasteiger partial charge is 0.253 e. The second kappa shape index (κ2) is 4.16. The fraction of sp³-hybridized carbons (Fsp3) is 0.462. The molecule has 0 aliphatic heterocycles. The molecule has 0 spiro atoms. The molecule has 2 rings (SSSR count). The second-order valence-electron chi connectivity index (χ2n) is 4.81. The Morgan fingerprint density at radius 2 is 1.94 bits per heavy atom. The molecule has 0 heterocycles. The van der Waals surface area contributed by atoms with Crippen molar-refractivity contribution in [3.05, 3.63) is 29.8 Å². The fourth-order valence-corrected chi connectivity index (χ4v) is 2.33. The van der Waals surface area contributed by atoms with E-state index in [9.17, 15) is 4.79 Å². The van der Waals surface area contributed by atoms with Crippen LogP contribution in [0.25, 0.3) is 0 Å². The van der Waals surface area contributed by atoms with E-state index in [0.717, 1.165) is 12.8 Å². The Balaban J connectivity index is 2.11. The van der Waals surface area contributed by atoms with E-state index in [2.05, 4.69) is 12.2 Å². The molecule has 1 aliphatic carbocycles. The number of hydrogen-bond donors (Lipinski definition) is 2. The van der Waals surface area contributed by atoms with E-state index in [1.807, 2.05) is 12.1 Å². The molecule has 1 aromatic rings. The van der Waals surface area contributed by atoms with Crippen LogP contribution in [0.5, 0.6) is 0 Å². The molecule has 1 aromatic carbocycles. The maximum atomic E-state index is 12.0. The van der Waals surface area contributed by atoms with Crippen molar-refractivity contribution in [2.45, 2.75) is 38.1 Å². The van der Waals surface area contributed by atoms with Gasteiger partial charge in [-0.2, -0.15) is 0 Å². The van der Waals surface area contributed by atoms with Gasteiger partial charge in [-0.1, -0.05) is 25.0 Å². The Bertz CT molecular complexity index is 395. The highest BCUT2D eigenvalue weighted by atomic mass is 16.1. The summed E-state index contributed by atoms with van der Waals surface area (Å²) in [5, 5.41) is 3.09. The van der Waals surface area contributed by atoms with E-state index in [1.54, 1.807) is 12.1 Å². The average Bonchev–Trinajstić information content (AvgIpc) is 2.65. The highest BCUT2D eigenvalue weighted by Gasteiger charge is 2.30. The van der Waals surface area contributed by atoms with E-state index in [4.69, 9.17) is 5.73 Å². The lowest BCUT2D eigenvalue weighted by Crippen LogP contribution is -2.43. The Morgan fingerprint density at radius 3 is 2.56 bits per heavy atom. The zero-order valence-corrected chi connectivity index (χ0v) is 9.62. The van der Waals surface area contributed by atoms with Crippen molar-refractivity contribution in [3.63, 3.8) is 0 Å². The number of para-hydroxylation sites is 1. The van der Waals surface area contributed by atoms with Gasteiger partial charge in [0.1, 0.15) is 0 Å². The molecular formula is C13H18N2O. The van der Waals surface area contributed by atoms with Gasteiger partial charge in [0.25, 0.3) is 5.91 Å². The summed E-state index contributed by atoms with van der Waals surface area (Å²) in [4.78, 5) is 12.0. The molecule has 0 radical (unpaired) electrons. The van der Waals surface area contributed by atoms with E-state index in [0.29, 0.717) is 11.3 Å². The molecule has 0 aromatic heterocycles. The number of rotatable bonds is 2. The highest BCUT2D eigenvalue weighted by Crippen LogP contribution is 2.29. The molecule has 1 fully saturated rings. The minimum Gasteiger partial charge on any atom is -0.398 e. The first-order chi connectivity index (χ1) is 7.61. The number of nitrogen functional groups attached to an aromatic ring is 1. The van der Waals surface area contributed by atoms with Crippen molar-refractivity contribution in [3.8, 4) is 0 Å². The Labute approximate surface area is 96.0 Å². The van der Waals surface area contributed by atoms with Crippen LogP contribution in [-0.2, 0) is 0 Å². The monoisotopic (exact) mass is 218 g/mol. The van der Waals surface area contributed by atoms with Crippen LogP contribution < -0.4 is 11.1 Å². The Kier molecular flexibility index (Phi) is 2.86. The van der Waals surface area contributed by atoms with Gasteiger partial charge in [-0.05, 0) is 31.9 Å². The number of amides is 1. The van der Waals surface area contributed by atoms with Crippen LogP contribution >= 0.6 is 0 Å². The maximum absolute atomic E-state index is 12.0. The lowest BCUT2D eigenvalue weighted by Gasteiger charge is -2.25. The van der Waals surface area contributed by atoms with Crippen LogP contribution in [0, 0.1) is 0 Å². The maximum Gasteiger partial charge on any atom is 0.253 e. The first-order valence-electron chi connectivity index (χ1n) is 5.78. The quantitative estimate of drug-likeness (QED) is 0.748. The van der Waals surface area contributed by atoms with Gasteiger partial charge in [0.05, 0.1) is 5.56 Å². The van der Waals surface area contributed by atoms with E-state index in [-0.39, 0.29) is 11.4 Å². The molecule has 3 heteroatoms. The number of carbonyl (C=O) groups is 1. The van der Waals surface area contributed by atoms with Crippen molar-refractivity contribution in [1.29, 1.82) is 0 Å². The van der Waals surface area contributed by atoms with Gasteiger partial charge in [-0.25, -0.2) is 0 Å². The summed E-state index contributed by atoms with van der Waals surface area (Å²) in [5.74, 6) is -0.0532. The molecule has 1 aliphatic rings. The van der Waals surface area contributed by atoms with Gasteiger partial charge in [0.2, 0.25) is 0 Å². The van der Waals surface area contributed by atoms with Crippen LogP contribution in [0.1, 0.15) is 43.0 Å². The molecule has 16 heavy (non-hydrogen) atoms. The van der Waals surface area contributed by atoms with Gasteiger partial charge in [0.15, 0.2) is 0 Å². The zero-order chi connectivity index (χ0) is 11.6. The first kappa shape index (κ1) is 11.0.